The summed E-state index contributed by atoms with van der Waals surface area (Å²) >= 11 is 0. The number of aromatic nitrogens is 1. The van der Waals surface area contributed by atoms with Gasteiger partial charge < -0.3 is 19.5 Å². The Morgan fingerprint density at radius 1 is 0.925 bits per heavy atom. The fraction of sp³-hybridized carbons (Fsp3) is 0.182. The second-order valence-electron chi connectivity index (χ2n) is 9.88. The molecule has 4 aromatic rings. The van der Waals surface area contributed by atoms with E-state index in [0.717, 1.165) is 5.56 Å². The smallest absolute Gasteiger partial charge is 0.296 e. The number of benzene rings is 3. The molecule has 0 radical (unpaired) electrons. The summed E-state index contributed by atoms with van der Waals surface area (Å²) in [5.74, 6) is 0.167. The number of nitrogens with zero attached hydrogens (tertiary/aromatic N) is 2. The molecule has 5 rings (SSSR count). The van der Waals surface area contributed by atoms with E-state index in [1.54, 1.807) is 54.7 Å². The molecule has 202 valence electrons. The molecule has 1 aliphatic rings. The number of para-hydroxylation sites is 1. The van der Waals surface area contributed by atoms with Gasteiger partial charge in [0.15, 0.2) is 0 Å². The number of aliphatic hydroxyl groups is 1. The molecular formula is C33H30N2O5. The van der Waals surface area contributed by atoms with Crippen LogP contribution in [-0.2, 0) is 16.1 Å². The zero-order chi connectivity index (χ0) is 28.2. The molecule has 1 aromatic heterocycles. The predicted molar refractivity (Wildman–Crippen MR) is 152 cm³/mol. The molecule has 2 heterocycles. The highest BCUT2D eigenvalue weighted by molar-refractivity contribution is 6.46. The number of carbonyl (C=O) groups is 2. The Bertz CT molecular complexity index is 1560. The van der Waals surface area contributed by atoms with Crippen LogP contribution in [0, 0.1) is 6.92 Å². The van der Waals surface area contributed by atoms with Crippen LogP contribution in [0.15, 0.2) is 103 Å². The first-order valence-corrected chi connectivity index (χ1v) is 13.1. The van der Waals surface area contributed by atoms with Gasteiger partial charge in [-0.1, -0.05) is 36.4 Å². The molecule has 1 unspecified atom stereocenters. The van der Waals surface area contributed by atoms with Crippen molar-refractivity contribution in [2.24, 2.45) is 0 Å². The van der Waals surface area contributed by atoms with Gasteiger partial charge >= 0.3 is 0 Å². The molecule has 7 heteroatoms. The highest BCUT2D eigenvalue weighted by Gasteiger charge is 2.46. The minimum Gasteiger partial charge on any atom is -0.507 e. The van der Waals surface area contributed by atoms with Crippen molar-refractivity contribution in [3.63, 3.8) is 0 Å². The van der Waals surface area contributed by atoms with Crippen LogP contribution in [-0.4, -0.2) is 32.8 Å². The average Bonchev–Trinajstić information content (AvgIpc) is 3.20. The third kappa shape index (κ3) is 5.59. The third-order valence-corrected chi connectivity index (χ3v) is 6.56. The summed E-state index contributed by atoms with van der Waals surface area (Å²) in [5.41, 5.74) is 2.48. The van der Waals surface area contributed by atoms with Gasteiger partial charge in [0.05, 0.1) is 30.0 Å². The van der Waals surface area contributed by atoms with Crippen molar-refractivity contribution in [3.8, 4) is 17.2 Å². The van der Waals surface area contributed by atoms with E-state index in [4.69, 9.17) is 9.47 Å². The van der Waals surface area contributed by atoms with Crippen LogP contribution < -0.4 is 9.47 Å². The van der Waals surface area contributed by atoms with Crippen molar-refractivity contribution < 1.29 is 24.2 Å². The van der Waals surface area contributed by atoms with E-state index >= 15 is 0 Å². The predicted octanol–water partition coefficient (Wildman–Crippen LogP) is 6.59. The number of pyridine rings is 1. The Labute approximate surface area is 233 Å². The third-order valence-electron chi connectivity index (χ3n) is 6.56. The van der Waals surface area contributed by atoms with Crippen molar-refractivity contribution in [1.29, 1.82) is 0 Å². The lowest BCUT2D eigenvalue weighted by molar-refractivity contribution is -0.140. The molecule has 1 N–H and O–H groups in total. The van der Waals surface area contributed by atoms with E-state index in [1.807, 2.05) is 63.2 Å². The second kappa shape index (κ2) is 11.5. The van der Waals surface area contributed by atoms with Crippen LogP contribution in [0.2, 0.25) is 0 Å². The Kier molecular flexibility index (Phi) is 7.64. The van der Waals surface area contributed by atoms with Crippen molar-refractivity contribution in [1.82, 2.24) is 9.88 Å². The van der Waals surface area contributed by atoms with Crippen molar-refractivity contribution in [2.45, 2.75) is 39.5 Å². The van der Waals surface area contributed by atoms with Gasteiger partial charge in [-0.15, -0.1) is 0 Å². The van der Waals surface area contributed by atoms with Gasteiger partial charge in [0.2, 0.25) is 0 Å². The van der Waals surface area contributed by atoms with Crippen LogP contribution in [0.3, 0.4) is 0 Å². The Balaban J connectivity index is 1.60. The average molecular weight is 535 g/mol. The molecule has 0 aliphatic carbocycles. The van der Waals surface area contributed by atoms with Crippen LogP contribution in [0.1, 0.15) is 42.3 Å². The summed E-state index contributed by atoms with van der Waals surface area (Å²) in [6, 6.07) is 26.3. The standard InChI is InChI=1S/C33H30N2O5/c1-21(2)39-28-16-15-24(18-22(28)3)31(36)29-30(35(33(38)32(29)37)20-25-11-7-8-17-34-25)23-10-9-14-27(19-23)40-26-12-5-4-6-13-26/h4-19,21,30,36H,20H2,1-3H3/b31-29+. The number of amides is 1. The summed E-state index contributed by atoms with van der Waals surface area (Å²) < 4.78 is 11.9. The summed E-state index contributed by atoms with van der Waals surface area (Å²) in [7, 11) is 0. The molecule has 1 saturated heterocycles. The molecule has 1 fully saturated rings. The number of aryl methyl sites for hydroxylation is 1. The van der Waals surface area contributed by atoms with E-state index in [9.17, 15) is 14.7 Å². The SMILES string of the molecule is Cc1cc(/C(O)=C2\C(=O)C(=O)N(Cc3ccccn3)C2c2cccc(Oc3ccccc3)c2)ccc1OC(C)C. The van der Waals surface area contributed by atoms with E-state index in [1.165, 1.54) is 4.90 Å². The number of hydrogen-bond donors (Lipinski definition) is 1. The highest BCUT2D eigenvalue weighted by Crippen LogP contribution is 2.41. The molecule has 0 bridgehead atoms. The first kappa shape index (κ1) is 26.7. The summed E-state index contributed by atoms with van der Waals surface area (Å²) in [4.78, 5) is 32.7. The quantitative estimate of drug-likeness (QED) is 0.156. The minimum absolute atomic E-state index is 0.00900. The normalized spacial score (nSPS) is 16.4. The number of rotatable bonds is 8. The lowest BCUT2D eigenvalue weighted by Crippen LogP contribution is -2.29. The number of carbonyl (C=O) groups excluding carboxylic acids is 2. The van der Waals surface area contributed by atoms with E-state index < -0.39 is 17.7 Å². The van der Waals surface area contributed by atoms with Gasteiger partial charge in [-0.3, -0.25) is 14.6 Å². The van der Waals surface area contributed by atoms with Crippen LogP contribution in [0.25, 0.3) is 5.76 Å². The first-order chi connectivity index (χ1) is 19.3. The zero-order valence-corrected chi connectivity index (χ0v) is 22.6. The Hall–Kier alpha value is -4.91. The summed E-state index contributed by atoms with van der Waals surface area (Å²) in [5, 5.41) is 11.5. The maximum absolute atomic E-state index is 13.5. The Morgan fingerprint density at radius 2 is 1.68 bits per heavy atom. The minimum atomic E-state index is -0.853. The molecule has 1 amide bonds. The fourth-order valence-electron chi connectivity index (χ4n) is 4.77. The summed E-state index contributed by atoms with van der Waals surface area (Å²) in [6.45, 7) is 5.84. The van der Waals surface area contributed by atoms with Crippen LogP contribution >= 0.6 is 0 Å². The molecular weight excluding hydrogens is 504 g/mol. The number of hydrogen-bond acceptors (Lipinski definition) is 6. The van der Waals surface area contributed by atoms with Crippen LogP contribution in [0.5, 0.6) is 17.2 Å². The number of ketones is 1. The number of aliphatic hydroxyl groups excluding tert-OH is 1. The molecule has 0 spiro atoms. The molecule has 7 nitrogen and oxygen atoms in total. The zero-order valence-electron chi connectivity index (χ0n) is 22.6. The fourth-order valence-corrected chi connectivity index (χ4v) is 4.77. The largest absolute Gasteiger partial charge is 0.507 e. The lowest BCUT2D eigenvalue weighted by Gasteiger charge is -2.25. The maximum atomic E-state index is 13.5. The van der Waals surface area contributed by atoms with Crippen molar-refractivity contribution in [2.75, 3.05) is 0 Å². The van der Waals surface area contributed by atoms with E-state index in [-0.39, 0.29) is 24.0 Å². The van der Waals surface area contributed by atoms with Gasteiger partial charge in [-0.2, -0.15) is 0 Å². The van der Waals surface area contributed by atoms with Gasteiger partial charge in [-0.25, -0.2) is 0 Å². The Morgan fingerprint density at radius 3 is 2.38 bits per heavy atom. The van der Waals surface area contributed by atoms with Gasteiger partial charge in [0, 0.05) is 11.8 Å². The van der Waals surface area contributed by atoms with Gasteiger partial charge in [0.25, 0.3) is 11.7 Å². The number of Topliss-reactive ketones (excluding diaryl/α,β-unsaturated/α-hetero) is 1. The second-order valence-corrected chi connectivity index (χ2v) is 9.88. The highest BCUT2D eigenvalue weighted by atomic mass is 16.5. The van der Waals surface area contributed by atoms with Crippen molar-refractivity contribution >= 4 is 17.4 Å². The molecule has 1 aliphatic heterocycles. The van der Waals surface area contributed by atoms with E-state index in [0.29, 0.717) is 34.1 Å². The monoisotopic (exact) mass is 534 g/mol. The van der Waals surface area contributed by atoms with Gasteiger partial charge in [0.1, 0.15) is 23.0 Å². The van der Waals surface area contributed by atoms with Gasteiger partial charge in [-0.05, 0) is 86.5 Å². The molecule has 40 heavy (non-hydrogen) atoms. The van der Waals surface area contributed by atoms with E-state index in [2.05, 4.69) is 4.98 Å². The number of likely N-dealkylation sites (tertiary alicyclic amines) is 1. The molecule has 0 saturated carbocycles. The van der Waals surface area contributed by atoms with Crippen molar-refractivity contribution in [3.05, 3.63) is 125 Å². The molecule has 3 aromatic carbocycles. The maximum Gasteiger partial charge on any atom is 0.296 e. The topological polar surface area (TPSA) is 89.0 Å². The lowest BCUT2D eigenvalue weighted by atomic mass is 9.94. The number of ether oxygens (including phenoxy) is 2. The molecule has 1 atom stereocenters. The van der Waals surface area contributed by atoms with Crippen LogP contribution in [0.4, 0.5) is 0 Å². The first-order valence-electron chi connectivity index (χ1n) is 13.1. The summed E-state index contributed by atoms with van der Waals surface area (Å²) in [6.07, 6.45) is 1.62.